The van der Waals surface area contributed by atoms with Crippen molar-refractivity contribution in [3.63, 3.8) is 0 Å². The highest BCUT2D eigenvalue weighted by Gasteiger charge is 2.10. The maximum absolute atomic E-state index is 12.0. The number of amides is 1. The number of carboxylic acid groups (broad SMARTS) is 1. The van der Waals surface area contributed by atoms with Gasteiger partial charge in [-0.2, -0.15) is 0 Å². The molecule has 1 heterocycles. The van der Waals surface area contributed by atoms with Gasteiger partial charge in [-0.15, -0.1) is 11.3 Å². The molecular formula is C16H17NO4S. The molecule has 2 aromatic rings. The molecule has 0 fully saturated rings. The summed E-state index contributed by atoms with van der Waals surface area (Å²) in [6, 6.07) is 8.68. The lowest BCUT2D eigenvalue weighted by atomic mass is 10.1. The zero-order valence-corrected chi connectivity index (χ0v) is 12.7. The van der Waals surface area contributed by atoms with E-state index < -0.39 is 5.97 Å². The van der Waals surface area contributed by atoms with Crippen LogP contribution in [0.15, 0.2) is 35.7 Å². The average Bonchev–Trinajstić information content (AvgIpc) is 3.02. The van der Waals surface area contributed by atoms with Crippen LogP contribution in [0.4, 0.5) is 0 Å². The van der Waals surface area contributed by atoms with Crippen molar-refractivity contribution in [1.82, 2.24) is 5.32 Å². The second kappa shape index (κ2) is 7.72. The van der Waals surface area contributed by atoms with Gasteiger partial charge in [0.05, 0.1) is 0 Å². The molecule has 0 radical (unpaired) electrons. The van der Waals surface area contributed by atoms with Crippen molar-refractivity contribution in [2.75, 3.05) is 13.2 Å². The first-order chi connectivity index (χ1) is 10.6. The lowest BCUT2D eigenvalue weighted by Gasteiger charge is -2.06. The monoisotopic (exact) mass is 319 g/mol. The van der Waals surface area contributed by atoms with E-state index in [4.69, 9.17) is 10.2 Å². The van der Waals surface area contributed by atoms with E-state index in [1.165, 1.54) is 0 Å². The number of carbonyl (C=O) groups excluding carboxylic acids is 1. The van der Waals surface area contributed by atoms with Gasteiger partial charge in [0.15, 0.2) is 0 Å². The standard InChI is InChI=1S/C16H17NO4S/c18-7-2-1-6-17-15(19)12-5-3-4-11(8-12)13-9-14(16(20)21)22-10-13/h3-5,8-10,18H,1-2,6-7H2,(H,17,19)(H,20,21). The molecule has 0 aliphatic carbocycles. The summed E-state index contributed by atoms with van der Waals surface area (Å²) in [7, 11) is 0. The molecular weight excluding hydrogens is 302 g/mol. The molecule has 0 atom stereocenters. The van der Waals surface area contributed by atoms with Crippen LogP contribution in [0, 0.1) is 0 Å². The first kappa shape index (κ1) is 16.2. The third kappa shape index (κ3) is 4.16. The number of nitrogens with one attached hydrogen (secondary N) is 1. The SMILES string of the molecule is O=C(NCCCCO)c1cccc(-c2csc(C(=O)O)c2)c1. The van der Waals surface area contributed by atoms with Gasteiger partial charge in [-0.25, -0.2) is 4.79 Å². The summed E-state index contributed by atoms with van der Waals surface area (Å²) in [5.74, 6) is -1.12. The second-order valence-electron chi connectivity index (χ2n) is 4.77. The fourth-order valence-corrected chi connectivity index (χ4v) is 2.73. The predicted octanol–water partition coefficient (Wildman–Crippen LogP) is 2.62. The van der Waals surface area contributed by atoms with Gasteiger partial charge in [0.1, 0.15) is 4.88 Å². The quantitative estimate of drug-likeness (QED) is 0.685. The van der Waals surface area contributed by atoms with E-state index in [1.807, 2.05) is 6.07 Å². The Kier molecular flexibility index (Phi) is 5.68. The molecule has 0 aliphatic rings. The lowest BCUT2D eigenvalue weighted by Crippen LogP contribution is -2.24. The van der Waals surface area contributed by atoms with Crippen LogP contribution < -0.4 is 5.32 Å². The molecule has 0 bridgehead atoms. The van der Waals surface area contributed by atoms with Crippen molar-refractivity contribution in [2.24, 2.45) is 0 Å². The summed E-state index contributed by atoms with van der Waals surface area (Å²) < 4.78 is 0. The smallest absolute Gasteiger partial charge is 0.345 e. The zero-order chi connectivity index (χ0) is 15.9. The highest BCUT2D eigenvalue weighted by Crippen LogP contribution is 2.26. The summed E-state index contributed by atoms with van der Waals surface area (Å²) in [5.41, 5.74) is 2.13. The number of aliphatic hydroxyl groups is 1. The number of aliphatic hydroxyl groups excluding tert-OH is 1. The molecule has 0 saturated carbocycles. The van der Waals surface area contributed by atoms with Crippen molar-refractivity contribution in [1.29, 1.82) is 0 Å². The van der Waals surface area contributed by atoms with Gasteiger partial charge in [0.2, 0.25) is 0 Å². The van der Waals surface area contributed by atoms with Gasteiger partial charge in [-0.3, -0.25) is 4.79 Å². The Bertz CT molecular complexity index is 666. The summed E-state index contributed by atoms with van der Waals surface area (Å²) in [4.78, 5) is 23.2. The van der Waals surface area contributed by atoms with Gasteiger partial charge >= 0.3 is 5.97 Å². The Morgan fingerprint density at radius 1 is 1.14 bits per heavy atom. The summed E-state index contributed by atoms with van der Waals surface area (Å²) in [6.07, 6.45) is 1.39. The van der Waals surface area contributed by atoms with Crippen LogP contribution >= 0.6 is 11.3 Å². The van der Waals surface area contributed by atoms with Crippen LogP contribution in [0.1, 0.15) is 32.9 Å². The molecule has 0 aliphatic heterocycles. The molecule has 116 valence electrons. The molecule has 22 heavy (non-hydrogen) atoms. The largest absolute Gasteiger partial charge is 0.477 e. The van der Waals surface area contributed by atoms with Crippen molar-refractivity contribution in [2.45, 2.75) is 12.8 Å². The summed E-state index contributed by atoms with van der Waals surface area (Å²) in [6.45, 7) is 0.640. The van der Waals surface area contributed by atoms with Gasteiger partial charge in [-0.1, -0.05) is 12.1 Å². The van der Waals surface area contributed by atoms with E-state index in [9.17, 15) is 9.59 Å². The summed E-state index contributed by atoms with van der Waals surface area (Å²) in [5, 5.41) is 22.2. The maximum Gasteiger partial charge on any atom is 0.345 e. The lowest BCUT2D eigenvalue weighted by molar-refractivity contribution is 0.0702. The summed E-state index contributed by atoms with van der Waals surface area (Å²) >= 11 is 1.16. The fourth-order valence-electron chi connectivity index (χ4n) is 1.98. The third-order valence-corrected chi connectivity index (χ3v) is 4.06. The number of carboxylic acids is 1. The van der Waals surface area contributed by atoms with Crippen LogP contribution in [0.3, 0.4) is 0 Å². The first-order valence-corrected chi connectivity index (χ1v) is 7.81. The van der Waals surface area contributed by atoms with Crippen LogP contribution in [-0.2, 0) is 0 Å². The van der Waals surface area contributed by atoms with E-state index in [2.05, 4.69) is 5.32 Å². The van der Waals surface area contributed by atoms with Crippen LogP contribution in [0.25, 0.3) is 11.1 Å². The van der Waals surface area contributed by atoms with Crippen LogP contribution in [-0.4, -0.2) is 35.2 Å². The highest BCUT2D eigenvalue weighted by atomic mass is 32.1. The molecule has 1 aromatic carbocycles. The van der Waals surface area contributed by atoms with Crippen molar-refractivity contribution in [3.05, 3.63) is 46.2 Å². The molecule has 3 N–H and O–H groups in total. The Labute approximate surface area is 132 Å². The minimum absolute atomic E-state index is 0.120. The average molecular weight is 319 g/mol. The van der Waals surface area contributed by atoms with E-state index in [-0.39, 0.29) is 17.4 Å². The van der Waals surface area contributed by atoms with E-state index >= 15 is 0 Å². The van der Waals surface area contributed by atoms with Gasteiger partial charge in [0.25, 0.3) is 5.91 Å². The number of hydrogen-bond acceptors (Lipinski definition) is 4. The topological polar surface area (TPSA) is 86.6 Å². The number of thiophene rings is 1. The Balaban J connectivity index is 2.08. The van der Waals surface area contributed by atoms with Crippen LogP contribution in [0.2, 0.25) is 0 Å². The second-order valence-corrected chi connectivity index (χ2v) is 5.68. The number of unbranched alkanes of at least 4 members (excludes halogenated alkanes) is 1. The predicted molar refractivity (Wildman–Crippen MR) is 85.4 cm³/mol. The number of rotatable bonds is 7. The minimum atomic E-state index is -0.950. The Morgan fingerprint density at radius 2 is 1.95 bits per heavy atom. The maximum atomic E-state index is 12.0. The molecule has 0 unspecified atom stereocenters. The number of aromatic carboxylic acids is 1. The third-order valence-electron chi connectivity index (χ3n) is 3.14. The molecule has 6 heteroatoms. The normalized spacial score (nSPS) is 10.4. The van der Waals surface area contributed by atoms with Gasteiger partial charge in [-0.05, 0) is 47.5 Å². The molecule has 2 rings (SSSR count). The van der Waals surface area contributed by atoms with Crippen molar-refractivity contribution >= 4 is 23.2 Å². The molecule has 1 aromatic heterocycles. The van der Waals surface area contributed by atoms with Gasteiger partial charge < -0.3 is 15.5 Å². The minimum Gasteiger partial charge on any atom is -0.477 e. The van der Waals surface area contributed by atoms with E-state index in [1.54, 1.807) is 29.6 Å². The zero-order valence-electron chi connectivity index (χ0n) is 11.9. The van der Waals surface area contributed by atoms with E-state index in [0.717, 1.165) is 28.9 Å². The van der Waals surface area contributed by atoms with E-state index in [0.29, 0.717) is 18.5 Å². The van der Waals surface area contributed by atoms with Crippen molar-refractivity contribution < 1.29 is 19.8 Å². The first-order valence-electron chi connectivity index (χ1n) is 6.93. The Hall–Kier alpha value is -2.18. The van der Waals surface area contributed by atoms with Crippen molar-refractivity contribution in [3.8, 4) is 11.1 Å². The molecule has 5 nitrogen and oxygen atoms in total. The molecule has 0 saturated heterocycles. The number of carbonyl (C=O) groups is 2. The highest BCUT2D eigenvalue weighted by molar-refractivity contribution is 7.12. The molecule has 0 spiro atoms. The Morgan fingerprint density at radius 3 is 2.64 bits per heavy atom. The number of hydrogen-bond donors (Lipinski definition) is 3. The van der Waals surface area contributed by atoms with Crippen LogP contribution in [0.5, 0.6) is 0 Å². The molecule has 1 amide bonds. The number of benzene rings is 1. The van der Waals surface area contributed by atoms with Gasteiger partial charge in [0, 0.05) is 18.7 Å². The fraction of sp³-hybridized carbons (Fsp3) is 0.250.